The number of hydrogen-bond acceptors (Lipinski definition) is 4. The Morgan fingerprint density at radius 3 is 2.32 bits per heavy atom. The summed E-state index contributed by atoms with van der Waals surface area (Å²) in [6.45, 7) is 7.82. The second-order valence-corrected chi connectivity index (χ2v) is 7.76. The van der Waals surface area contributed by atoms with Crippen molar-refractivity contribution in [2.75, 3.05) is 31.6 Å². The number of hydrogen-bond donors (Lipinski definition) is 0. The van der Waals surface area contributed by atoms with E-state index in [0.29, 0.717) is 13.0 Å². The molecule has 2 rings (SSSR count). The summed E-state index contributed by atoms with van der Waals surface area (Å²) in [6.07, 6.45) is 1.85. The fourth-order valence-electron chi connectivity index (χ4n) is 3.59. The van der Waals surface area contributed by atoms with Gasteiger partial charge in [-0.2, -0.15) is 5.26 Å². The van der Waals surface area contributed by atoms with Gasteiger partial charge in [-0.05, 0) is 58.8 Å². The normalized spacial score (nSPS) is 16.4. The van der Waals surface area contributed by atoms with Gasteiger partial charge in [0.2, 0.25) is 11.8 Å². The van der Waals surface area contributed by atoms with Gasteiger partial charge in [0.05, 0.1) is 18.5 Å². The molecule has 0 saturated carbocycles. The summed E-state index contributed by atoms with van der Waals surface area (Å²) in [5.41, 5.74) is 0.818. The number of para-hydroxylation sites is 1. The molecule has 1 fully saturated rings. The van der Waals surface area contributed by atoms with E-state index in [9.17, 15) is 9.59 Å². The van der Waals surface area contributed by atoms with Gasteiger partial charge < -0.3 is 9.80 Å². The molecule has 0 aliphatic carbocycles. The van der Waals surface area contributed by atoms with Gasteiger partial charge in [-0.15, -0.1) is 0 Å². The number of nitrogens with zero attached hydrogens (tertiary/aromatic N) is 4. The van der Waals surface area contributed by atoms with Crippen LogP contribution in [-0.4, -0.2) is 60.4 Å². The summed E-state index contributed by atoms with van der Waals surface area (Å²) in [7, 11) is 1.86. The van der Waals surface area contributed by atoms with Gasteiger partial charge in [-0.25, -0.2) is 0 Å². The summed E-state index contributed by atoms with van der Waals surface area (Å²) in [4.78, 5) is 31.4. The van der Waals surface area contributed by atoms with Crippen LogP contribution >= 0.6 is 0 Å². The number of nitriles is 1. The minimum Gasteiger partial charge on any atom is -0.343 e. The van der Waals surface area contributed by atoms with Crippen LogP contribution in [0.15, 0.2) is 30.3 Å². The van der Waals surface area contributed by atoms with Crippen molar-refractivity contribution in [1.29, 1.82) is 5.26 Å². The molecular weight excluding hydrogens is 352 g/mol. The smallest absolute Gasteiger partial charge is 0.244 e. The number of piperidine rings is 1. The molecule has 1 aliphatic rings. The third-order valence-corrected chi connectivity index (χ3v) is 5.69. The van der Waals surface area contributed by atoms with Gasteiger partial charge in [0.25, 0.3) is 0 Å². The van der Waals surface area contributed by atoms with E-state index in [1.807, 2.05) is 63.1 Å². The maximum absolute atomic E-state index is 13.2. The van der Waals surface area contributed by atoms with E-state index < -0.39 is 0 Å². The first-order valence-electron chi connectivity index (χ1n) is 10.1. The number of anilines is 1. The quantitative estimate of drug-likeness (QED) is 0.725. The zero-order valence-electron chi connectivity index (χ0n) is 17.5. The Kier molecular flexibility index (Phi) is 8.01. The van der Waals surface area contributed by atoms with Crippen molar-refractivity contribution >= 4 is 17.5 Å². The van der Waals surface area contributed by atoms with Crippen molar-refractivity contribution in [2.45, 2.75) is 52.1 Å². The van der Waals surface area contributed by atoms with Crippen molar-refractivity contribution in [3.05, 3.63) is 30.3 Å². The molecule has 1 saturated heterocycles. The number of rotatable bonds is 7. The molecule has 2 amide bonds. The van der Waals surface area contributed by atoms with Crippen LogP contribution in [0, 0.1) is 17.2 Å². The first-order valence-corrected chi connectivity index (χ1v) is 10.1. The lowest BCUT2D eigenvalue weighted by Gasteiger charge is -2.38. The lowest BCUT2D eigenvalue weighted by atomic mass is 9.94. The van der Waals surface area contributed by atoms with Gasteiger partial charge in [0.15, 0.2) is 0 Å². The fourth-order valence-corrected chi connectivity index (χ4v) is 3.59. The highest BCUT2D eigenvalue weighted by molar-refractivity contribution is 5.97. The molecule has 6 heteroatoms. The third-order valence-electron chi connectivity index (χ3n) is 5.69. The monoisotopic (exact) mass is 384 g/mol. The van der Waals surface area contributed by atoms with Crippen molar-refractivity contribution in [2.24, 2.45) is 5.92 Å². The summed E-state index contributed by atoms with van der Waals surface area (Å²) >= 11 is 0. The summed E-state index contributed by atoms with van der Waals surface area (Å²) in [5.74, 6) is 0.244. The Balaban J connectivity index is 2.01. The molecule has 1 atom stereocenters. The highest BCUT2D eigenvalue weighted by Gasteiger charge is 2.33. The number of likely N-dealkylation sites (tertiary alicyclic amines) is 1. The summed E-state index contributed by atoms with van der Waals surface area (Å²) in [6, 6.07) is 11.6. The highest BCUT2D eigenvalue weighted by atomic mass is 16.2. The van der Waals surface area contributed by atoms with Gasteiger partial charge in [0, 0.05) is 31.2 Å². The van der Waals surface area contributed by atoms with Crippen molar-refractivity contribution in [3.63, 3.8) is 0 Å². The topological polar surface area (TPSA) is 67.6 Å². The third kappa shape index (κ3) is 5.32. The van der Waals surface area contributed by atoms with Crippen LogP contribution in [-0.2, 0) is 9.59 Å². The largest absolute Gasteiger partial charge is 0.343 e. The predicted molar refractivity (Wildman–Crippen MR) is 111 cm³/mol. The van der Waals surface area contributed by atoms with Crippen LogP contribution in [0.1, 0.15) is 40.0 Å². The van der Waals surface area contributed by atoms with Gasteiger partial charge in [-0.1, -0.05) is 18.2 Å². The van der Waals surface area contributed by atoms with Gasteiger partial charge >= 0.3 is 0 Å². The maximum atomic E-state index is 13.2. The van der Waals surface area contributed by atoms with Crippen LogP contribution < -0.4 is 4.90 Å². The zero-order valence-corrected chi connectivity index (χ0v) is 17.5. The van der Waals surface area contributed by atoms with Crippen molar-refractivity contribution < 1.29 is 9.59 Å². The predicted octanol–water partition coefficient (Wildman–Crippen LogP) is 2.90. The number of carbonyl (C=O) groups excluding carboxylic acids is 2. The van der Waals surface area contributed by atoms with E-state index in [1.165, 1.54) is 0 Å². The Bertz CT molecular complexity index is 690. The van der Waals surface area contributed by atoms with Crippen molar-refractivity contribution in [1.82, 2.24) is 9.80 Å². The molecule has 1 heterocycles. The number of carbonyl (C=O) groups is 2. The summed E-state index contributed by atoms with van der Waals surface area (Å²) in [5, 5.41) is 8.96. The van der Waals surface area contributed by atoms with Crippen molar-refractivity contribution in [3.8, 4) is 6.07 Å². The molecule has 1 unspecified atom stereocenters. The van der Waals surface area contributed by atoms with Crippen LogP contribution in [0.25, 0.3) is 0 Å². The van der Waals surface area contributed by atoms with Crippen LogP contribution in [0.5, 0.6) is 0 Å². The second kappa shape index (κ2) is 10.2. The highest BCUT2D eigenvalue weighted by Crippen LogP contribution is 2.23. The maximum Gasteiger partial charge on any atom is 0.244 e. The minimum absolute atomic E-state index is 0.00512. The van der Waals surface area contributed by atoms with Gasteiger partial charge in [0.1, 0.15) is 0 Å². The zero-order chi connectivity index (χ0) is 20.7. The molecule has 0 bridgehead atoms. The first-order chi connectivity index (χ1) is 13.4. The molecule has 6 nitrogen and oxygen atoms in total. The number of benzene rings is 1. The second-order valence-electron chi connectivity index (χ2n) is 7.76. The molecule has 1 aliphatic heterocycles. The minimum atomic E-state index is -0.280. The lowest BCUT2D eigenvalue weighted by Crippen LogP contribution is -2.51. The van der Waals surface area contributed by atoms with Gasteiger partial charge in [-0.3, -0.25) is 14.5 Å². The molecule has 1 aromatic carbocycles. The van der Waals surface area contributed by atoms with Crippen LogP contribution in [0.4, 0.5) is 5.69 Å². The molecule has 1 aromatic rings. The van der Waals surface area contributed by atoms with E-state index in [2.05, 4.69) is 11.0 Å². The molecule has 152 valence electrons. The average Bonchev–Trinajstić information content (AvgIpc) is 2.73. The summed E-state index contributed by atoms with van der Waals surface area (Å²) < 4.78 is 0. The van der Waals surface area contributed by atoms with Crippen LogP contribution in [0.2, 0.25) is 0 Å². The Hall–Kier alpha value is -2.39. The van der Waals surface area contributed by atoms with E-state index in [0.717, 1.165) is 31.6 Å². The average molecular weight is 385 g/mol. The van der Waals surface area contributed by atoms with Crippen LogP contribution in [0.3, 0.4) is 0 Å². The molecule has 28 heavy (non-hydrogen) atoms. The van der Waals surface area contributed by atoms with E-state index >= 15 is 0 Å². The van der Waals surface area contributed by atoms with E-state index in [1.54, 1.807) is 4.90 Å². The molecular formula is C22H32N4O2. The molecule has 0 spiro atoms. The standard InChI is InChI=1S/C22H32N4O2/c1-17(2)24(4)22(28)19-11-15-25(16-12-19)18(3)21(27)26(14-8-13-23)20-9-6-5-7-10-20/h5-7,9-10,17-19H,8,11-12,14-16H2,1-4H3. The Morgan fingerprint density at radius 1 is 1.18 bits per heavy atom. The van der Waals surface area contributed by atoms with E-state index in [-0.39, 0.29) is 29.8 Å². The Labute approximate surface area is 168 Å². The SMILES string of the molecule is CC(C(=O)N(CCC#N)c1ccccc1)N1CCC(C(=O)N(C)C(C)C)CC1. The fraction of sp³-hybridized carbons (Fsp3) is 0.591. The molecule has 0 radical (unpaired) electrons. The van der Waals surface area contributed by atoms with E-state index in [4.69, 9.17) is 5.26 Å². The first kappa shape index (κ1) is 21.9. The lowest BCUT2D eigenvalue weighted by molar-refractivity contribution is -0.137. The molecule has 0 N–H and O–H groups in total. The number of amides is 2. The molecule has 0 aromatic heterocycles. The Morgan fingerprint density at radius 2 is 1.79 bits per heavy atom.